The second kappa shape index (κ2) is 6.73. The van der Waals surface area contributed by atoms with Gasteiger partial charge in [-0.15, -0.1) is 12.4 Å². The van der Waals surface area contributed by atoms with Gasteiger partial charge in [-0.1, -0.05) is 28.1 Å². The highest BCUT2D eigenvalue weighted by Crippen LogP contribution is 2.27. The van der Waals surface area contributed by atoms with Gasteiger partial charge in [0, 0.05) is 24.6 Å². The monoisotopic (exact) mass is 346 g/mol. The van der Waals surface area contributed by atoms with E-state index in [9.17, 15) is 4.79 Å². The SMILES string of the molecule is CN(Cc1ccc(Br)cc1)C(=O)C1(C)CCNC1.Cl. The van der Waals surface area contributed by atoms with E-state index in [4.69, 9.17) is 0 Å². The van der Waals surface area contributed by atoms with Crippen LogP contribution in [0.5, 0.6) is 0 Å². The molecule has 5 heteroatoms. The van der Waals surface area contributed by atoms with Crippen LogP contribution in [0.4, 0.5) is 0 Å². The molecule has 1 N–H and O–H groups in total. The minimum Gasteiger partial charge on any atom is -0.341 e. The number of nitrogens with zero attached hydrogens (tertiary/aromatic N) is 1. The number of carbonyl (C=O) groups excluding carboxylic acids is 1. The molecule has 1 aromatic carbocycles. The number of amides is 1. The van der Waals surface area contributed by atoms with Crippen molar-refractivity contribution in [3.63, 3.8) is 0 Å². The van der Waals surface area contributed by atoms with Gasteiger partial charge in [0.1, 0.15) is 0 Å². The van der Waals surface area contributed by atoms with Crippen molar-refractivity contribution >= 4 is 34.2 Å². The molecule has 1 heterocycles. The molecule has 1 unspecified atom stereocenters. The second-order valence-electron chi connectivity index (χ2n) is 5.28. The summed E-state index contributed by atoms with van der Waals surface area (Å²) in [4.78, 5) is 14.2. The molecule has 0 bridgehead atoms. The van der Waals surface area contributed by atoms with Crippen LogP contribution in [0, 0.1) is 5.41 Å². The molecule has 106 valence electrons. The van der Waals surface area contributed by atoms with E-state index < -0.39 is 0 Å². The summed E-state index contributed by atoms with van der Waals surface area (Å²) < 4.78 is 1.06. The van der Waals surface area contributed by atoms with E-state index in [1.807, 2.05) is 43.1 Å². The number of benzene rings is 1. The summed E-state index contributed by atoms with van der Waals surface area (Å²) in [5.41, 5.74) is 0.924. The maximum absolute atomic E-state index is 12.4. The van der Waals surface area contributed by atoms with Crippen LogP contribution in [0.1, 0.15) is 18.9 Å². The van der Waals surface area contributed by atoms with Crippen molar-refractivity contribution in [3.05, 3.63) is 34.3 Å². The molecule has 1 aliphatic heterocycles. The Hall–Kier alpha value is -0.580. The zero-order valence-corrected chi connectivity index (χ0v) is 13.7. The van der Waals surface area contributed by atoms with Gasteiger partial charge in [0.2, 0.25) is 5.91 Å². The zero-order chi connectivity index (χ0) is 13.2. The van der Waals surface area contributed by atoms with Crippen LogP contribution < -0.4 is 5.32 Å². The number of nitrogens with one attached hydrogen (secondary N) is 1. The van der Waals surface area contributed by atoms with Gasteiger partial charge in [-0.3, -0.25) is 4.79 Å². The Balaban J connectivity index is 0.00000180. The molecule has 2 rings (SSSR count). The summed E-state index contributed by atoms with van der Waals surface area (Å²) in [6.45, 7) is 4.44. The van der Waals surface area contributed by atoms with Gasteiger partial charge in [0.25, 0.3) is 0 Å². The first-order valence-corrected chi connectivity index (χ1v) is 7.01. The van der Waals surface area contributed by atoms with Crippen LogP contribution >= 0.6 is 28.3 Å². The van der Waals surface area contributed by atoms with Gasteiger partial charge >= 0.3 is 0 Å². The lowest BCUT2D eigenvalue weighted by molar-refractivity contribution is -0.139. The molecule has 0 radical (unpaired) electrons. The van der Waals surface area contributed by atoms with Crippen LogP contribution in [-0.2, 0) is 11.3 Å². The van der Waals surface area contributed by atoms with Gasteiger partial charge in [-0.2, -0.15) is 0 Å². The van der Waals surface area contributed by atoms with Crippen LogP contribution in [0.25, 0.3) is 0 Å². The van der Waals surface area contributed by atoms with Gasteiger partial charge in [-0.25, -0.2) is 0 Å². The van der Waals surface area contributed by atoms with Crippen molar-refractivity contribution < 1.29 is 4.79 Å². The van der Waals surface area contributed by atoms with Crippen molar-refractivity contribution in [2.24, 2.45) is 5.41 Å². The van der Waals surface area contributed by atoms with Gasteiger partial charge in [0.05, 0.1) is 5.41 Å². The van der Waals surface area contributed by atoms with Crippen LogP contribution in [0.2, 0.25) is 0 Å². The molecule has 0 saturated carbocycles. The lowest BCUT2D eigenvalue weighted by atomic mass is 9.88. The Labute approximate surface area is 129 Å². The summed E-state index contributed by atoms with van der Waals surface area (Å²) >= 11 is 3.41. The molecule has 3 nitrogen and oxygen atoms in total. The highest BCUT2D eigenvalue weighted by atomic mass is 79.9. The highest BCUT2D eigenvalue weighted by molar-refractivity contribution is 9.10. The summed E-state index contributed by atoms with van der Waals surface area (Å²) in [6, 6.07) is 8.10. The lowest BCUT2D eigenvalue weighted by Crippen LogP contribution is -2.41. The van der Waals surface area contributed by atoms with Gasteiger partial charge in [0.15, 0.2) is 0 Å². The van der Waals surface area contributed by atoms with Gasteiger partial charge < -0.3 is 10.2 Å². The Morgan fingerprint density at radius 3 is 2.58 bits per heavy atom. The molecule has 1 saturated heterocycles. The molecule has 1 aliphatic rings. The molecular formula is C14H20BrClN2O. The average Bonchev–Trinajstić information content (AvgIpc) is 2.79. The van der Waals surface area contributed by atoms with E-state index in [1.54, 1.807) is 0 Å². The molecule has 1 atom stereocenters. The molecule has 1 aromatic rings. The lowest BCUT2D eigenvalue weighted by Gasteiger charge is -2.28. The first-order chi connectivity index (χ1) is 8.51. The second-order valence-corrected chi connectivity index (χ2v) is 6.19. The number of rotatable bonds is 3. The molecule has 1 fully saturated rings. The third-order valence-corrected chi connectivity index (χ3v) is 4.09. The van der Waals surface area contributed by atoms with Crippen molar-refractivity contribution in [3.8, 4) is 0 Å². The summed E-state index contributed by atoms with van der Waals surface area (Å²) in [6.07, 6.45) is 0.927. The van der Waals surface area contributed by atoms with Crippen molar-refractivity contribution in [1.82, 2.24) is 10.2 Å². The number of halogens is 2. The van der Waals surface area contributed by atoms with Gasteiger partial charge in [-0.05, 0) is 37.6 Å². The molecule has 0 aromatic heterocycles. The fraction of sp³-hybridized carbons (Fsp3) is 0.500. The van der Waals surface area contributed by atoms with E-state index in [0.29, 0.717) is 6.54 Å². The maximum Gasteiger partial charge on any atom is 0.229 e. The highest BCUT2D eigenvalue weighted by Gasteiger charge is 2.38. The van der Waals surface area contributed by atoms with Crippen molar-refractivity contribution in [1.29, 1.82) is 0 Å². The topological polar surface area (TPSA) is 32.3 Å². The molecular weight excluding hydrogens is 328 g/mol. The van der Waals surface area contributed by atoms with Crippen LogP contribution in [-0.4, -0.2) is 30.9 Å². The minimum atomic E-state index is -0.232. The maximum atomic E-state index is 12.4. The number of carbonyl (C=O) groups is 1. The van der Waals surface area contributed by atoms with Crippen LogP contribution in [0.15, 0.2) is 28.7 Å². The Bertz CT molecular complexity index is 430. The Morgan fingerprint density at radius 1 is 1.42 bits per heavy atom. The quantitative estimate of drug-likeness (QED) is 0.912. The zero-order valence-electron chi connectivity index (χ0n) is 11.3. The molecule has 1 amide bonds. The fourth-order valence-electron chi connectivity index (χ4n) is 2.40. The first-order valence-electron chi connectivity index (χ1n) is 6.22. The molecule has 19 heavy (non-hydrogen) atoms. The van der Waals surface area contributed by atoms with Crippen LogP contribution in [0.3, 0.4) is 0 Å². The van der Waals surface area contributed by atoms with Crippen molar-refractivity contribution in [2.75, 3.05) is 20.1 Å². The van der Waals surface area contributed by atoms with E-state index in [0.717, 1.165) is 29.5 Å². The Kier molecular flexibility index (Phi) is 5.83. The largest absolute Gasteiger partial charge is 0.341 e. The fourth-order valence-corrected chi connectivity index (χ4v) is 2.66. The predicted molar refractivity (Wildman–Crippen MR) is 83.5 cm³/mol. The predicted octanol–water partition coefficient (Wildman–Crippen LogP) is 2.83. The number of hydrogen-bond acceptors (Lipinski definition) is 2. The van der Waals surface area contributed by atoms with Crippen molar-refractivity contribution in [2.45, 2.75) is 19.9 Å². The number of hydrogen-bond donors (Lipinski definition) is 1. The summed E-state index contributed by atoms with van der Waals surface area (Å²) in [5, 5.41) is 3.27. The average molecular weight is 348 g/mol. The van der Waals surface area contributed by atoms with E-state index in [-0.39, 0.29) is 23.7 Å². The van der Waals surface area contributed by atoms with E-state index in [2.05, 4.69) is 21.2 Å². The first kappa shape index (κ1) is 16.5. The minimum absolute atomic E-state index is 0. The molecule has 0 aliphatic carbocycles. The van der Waals surface area contributed by atoms with E-state index in [1.165, 1.54) is 0 Å². The summed E-state index contributed by atoms with van der Waals surface area (Å²) in [5.74, 6) is 0.232. The van der Waals surface area contributed by atoms with E-state index >= 15 is 0 Å². The smallest absolute Gasteiger partial charge is 0.229 e. The summed E-state index contributed by atoms with van der Waals surface area (Å²) in [7, 11) is 1.88. The Morgan fingerprint density at radius 2 is 2.05 bits per heavy atom. The third kappa shape index (κ3) is 3.94. The third-order valence-electron chi connectivity index (χ3n) is 3.56. The normalized spacial score (nSPS) is 21.8. The molecule has 0 spiro atoms. The standard InChI is InChI=1S/C14H19BrN2O.ClH/c1-14(7-8-16-10-14)13(18)17(2)9-11-3-5-12(15)6-4-11;/h3-6,16H,7-10H2,1-2H3;1H.